The van der Waals surface area contributed by atoms with Gasteiger partial charge >= 0.3 is 0 Å². The average molecular weight is 229 g/mol. The fourth-order valence-electron chi connectivity index (χ4n) is 1.28. The number of aliphatic hydroxyl groups excluding tert-OH is 1. The van der Waals surface area contributed by atoms with Crippen LogP contribution in [0.1, 0.15) is 18.1 Å². The zero-order valence-corrected chi connectivity index (χ0v) is 9.37. The largest absolute Gasteiger partial charge is 0.388 e. The summed E-state index contributed by atoms with van der Waals surface area (Å²) in [5, 5.41) is 9.64. The Morgan fingerprint density at radius 3 is 2.67 bits per heavy atom. The molecule has 0 heterocycles. The van der Waals surface area contributed by atoms with E-state index in [4.69, 9.17) is 5.73 Å². The van der Waals surface area contributed by atoms with E-state index in [-0.39, 0.29) is 4.90 Å². The highest BCUT2D eigenvalue weighted by Crippen LogP contribution is 2.19. The average Bonchev–Trinajstić information content (AvgIpc) is 2.17. The van der Waals surface area contributed by atoms with Gasteiger partial charge in [0.15, 0.2) is 9.84 Å². The van der Waals surface area contributed by atoms with Crippen molar-refractivity contribution in [1.29, 1.82) is 0 Å². The van der Waals surface area contributed by atoms with E-state index in [0.29, 0.717) is 18.5 Å². The monoisotopic (exact) mass is 229 g/mol. The molecule has 0 saturated carbocycles. The van der Waals surface area contributed by atoms with Crippen molar-refractivity contribution in [1.82, 2.24) is 0 Å². The summed E-state index contributed by atoms with van der Waals surface area (Å²) < 4.78 is 22.5. The molecule has 3 N–H and O–H groups in total. The summed E-state index contributed by atoms with van der Waals surface area (Å²) in [6, 6.07) is 6.30. The zero-order valence-electron chi connectivity index (χ0n) is 8.55. The number of rotatable bonds is 4. The SMILES string of the molecule is CS(=O)(=O)c1cccc(C(O)CCN)c1. The van der Waals surface area contributed by atoms with E-state index in [9.17, 15) is 13.5 Å². The minimum absolute atomic E-state index is 0.219. The quantitative estimate of drug-likeness (QED) is 0.786. The van der Waals surface area contributed by atoms with E-state index >= 15 is 0 Å². The number of hydrogen-bond donors (Lipinski definition) is 2. The molecule has 0 fully saturated rings. The Morgan fingerprint density at radius 1 is 1.47 bits per heavy atom. The number of nitrogens with two attached hydrogens (primary N) is 1. The van der Waals surface area contributed by atoms with E-state index in [1.165, 1.54) is 12.1 Å². The molecule has 15 heavy (non-hydrogen) atoms. The fraction of sp³-hybridized carbons (Fsp3) is 0.400. The molecule has 1 rings (SSSR count). The molecule has 0 radical (unpaired) electrons. The first-order valence-corrected chi connectivity index (χ1v) is 6.52. The van der Waals surface area contributed by atoms with Crippen molar-refractivity contribution in [3.05, 3.63) is 29.8 Å². The van der Waals surface area contributed by atoms with Gasteiger partial charge < -0.3 is 10.8 Å². The predicted octanol–water partition coefficient (Wildman–Crippen LogP) is 0.472. The molecule has 0 aliphatic carbocycles. The Labute approximate surface area is 89.7 Å². The van der Waals surface area contributed by atoms with E-state index in [0.717, 1.165) is 6.26 Å². The summed E-state index contributed by atoms with van der Waals surface area (Å²) >= 11 is 0. The third-order valence-electron chi connectivity index (χ3n) is 2.11. The van der Waals surface area contributed by atoms with Crippen LogP contribution in [0.15, 0.2) is 29.2 Å². The molecular weight excluding hydrogens is 214 g/mol. The van der Waals surface area contributed by atoms with Crippen LogP contribution in [0.4, 0.5) is 0 Å². The summed E-state index contributed by atoms with van der Waals surface area (Å²) in [6.45, 7) is 0.365. The van der Waals surface area contributed by atoms with E-state index in [1.54, 1.807) is 12.1 Å². The lowest BCUT2D eigenvalue weighted by atomic mass is 10.1. The van der Waals surface area contributed by atoms with Gasteiger partial charge in [-0.3, -0.25) is 0 Å². The Hall–Kier alpha value is -0.910. The van der Waals surface area contributed by atoms with Crippen LogP contribution in [0, 0.1) is 0 Å². The van der Waals surface area contributed by atoms with Crippen molar-refractivity contribution in [2.24, 2.45) is 5.73 Å². The highest BCUT2D eigenvalue weighted by molar-refractivity contribution is 7.90. The maximum atomic E-state index is 11.3. The molecule has 1 aromatic carbocycles. The van der Waals surface area contributed by atoms with Gasteiger partial charge in [-0.2, -0.15) is 0 Å². The van der Waals surface area contributed by atoms with Gasteiger partial charge in [-0.1, -0.05) is 12.1 Å². The fourth-order valence-corrected chi connectivity index (χ4v) is 1.95. The Morgan fingerprint density at radius 2 is 2.13 bits per heavy atom. The van der Waals surface area contributed by atoms with Crippen molar-refractivity contribution in [2.45, 2.75) is 17.4 Å². The topological polar surface area (TPSA) is 80.4 Å². The molecule has 84 valence electrons. The molecule has 0 spiro atoms. The molecule has 0 saturated heterocycles. The van der Waals surface area contributed by atoms with Crippen LogP contribution in [0.2, 0.25) is 0 Å². The van der Waals surface area contributed by atoms with Crippen molar-refractivity contribution >= 4 is 9.84 Å². The van der Waals surface area contributed by atoms with E-state index in [2.05, 4.69) is 0 Å². The van der Waals surface area contributed by atoms with Crippen LogP contribution >= 0.6 is 0 Å². The van der Waals surface area contributed by atoms with Crippen molar-refractivity contribution < 1.29 is 13.5 Å². The van der Waals surface area contributed by atoms with Gasteiger partial charge in [-0.25, -0.2) is 8.42 Å². The van der Waals surface area contributed by atoms with Gasteiger partial charge in [0.2, 0.25) is 0 Å². The third-order valence-corrected chi connectivity index (χ3v) is 3.22. The lowest BCUT2D eigenvalue weighted by Gasteiger charge is -2.10. The highest BCUT2D eigenvalue weighted by Gasteiger charge is 2.11. The van der Waals surface area contributed by atoms with Crippen LogP contribution in [0.25, 0.3) is 0 Å². The van der Waals surface area contributed by atoms with Gasteiger partial charge in [0.25, 0.3) is 0 Å². The summed E-state index contributed by atoms with van der Waals surface area (Å²) in [6.07, 6.45) is 0.867. The molecular formula is C10H15NO3S. The smallest absolute Gasteiger partial charge is 0.175 e. The molecule has 1 aromatic rings. The third kappa shape index (κ3) is 3.30. The maximum absolute atomic E-state index is 11.3. The van der Waals surface area contributed by atoms with Crippen LogP contribution in [-0.2, 0) is 9.84 Å². The lowest BCUT2D eigenvalue weighted by molar-refractivity contribution is 0.170. The van der Waals surface area contributed by atoms with Gasteiger partial charge in [0.1, 0.15) is 0 Å². The summed E-state index contributed by atoms with van der Waals surface area (Å²) in [5.74, 6) is 0. The number of hydrogen-bond acceptors (Lipinski definition) is 4. The van der Waals surface area contributed by atoms with Crippen LogP contribution in [-0.4, -0.2) is 26.3 Å². The second-order valence-corrected chi connectivity index (χ2v) is 5.45. The number of benzene rings is 1. The predicted molar refractivity (Wildman–Crippen MR) is 58.2 cm³/mol. The standard InChI is InChI=1S/C10H15NO3S/c1-15(13,14)9-4-2-3-8(7-9)10(12)5-6-11/h2-4,7,10,12H,5-6,11H2,1H3. The van der Waals surface area contributed by atoms with Gasteiger partial charge in [0, 0.05) is 6.26 Å². The number of aliphatic hydroxyl groups is 1. The molecule has 1 unspecified atom stereocenters. The van der Waals surface area contributed by atoms with E-state index < -0.39 is 15.9 Å². The molecule has 4 nitrogen and oxygen atoms in total. The molecule has 0 bridgehead atoms. The van der Waals surface area contributed by atoms with Gasteiger partial charge in [0.05, 0.1) is 11.0 Å². The summed E-state index contributed by atoms with van der Waals surface area (Å²) in [4.78, 5) is 0.219. The number of sulfone groups is 1. The lowest BCUT2D eigenvalue weighted by Crippen LogP contribution is -2.07. The minimum atomic E-state index is -3.22. The second-order valence-electron chi connectivity index (χ2n) is 3.44. The first-order chi connectivity index (χ1) is 6.95. The maximum Gasteiger partial charge on any atom is 0.175 e. The molecule has 0 aliphatic heterocycles. The van der Waals surface area contributed by atoms with Crippen LogP contribution < -0.4 is 5.73 Å². The first kappa shape index (κ1) is 12.2. The zero-order chi connectivity index (χ0) is 11.5. The van der Waals surface area contributed by atoms with Crippen molar-refractivity contribution in [2.75, 3.05) is 12.8 Å². The molecule has 5 heteroatoms. The van der Waals surface area contributed by atoms with Crippen LogP contribution in [0.5, 0.6) is 0 Å². The van der Waals surface area contributed by atoms with Gasteiger partial charge in [-0.15, -0.1) is 0 Å². The molecule has 1 atom stereocenters. The molecule has 0 aromatic heterocycles. The summed E-state index contributed by atoms with van der Waals surface area (Å²) in [7, 11) is -3.22. The Kier molecular flexibility index (Phi) is 3.84. The highest BCUT2D eigenvalue weighted by atomic mass is 32.2. The van der Waals surface area contributed by atoms with E-state index in [1.807, 2.05) is 0 Å². The van der Waals surface area contributed by atoms with Crippen molar-refractivity contribution in [3.63, 3.8) is 0 Å². The van der Waals surface area contributed by atoms with Crippen molar-refractivity contribution in [3.8, 4) is 0 Å². The van der Waals surface area contributed by atoms with Gasteiger partial charge in [-0.05, 0) is 30.7 Å². The second kappa shape index (κ2) is 4.74. The summed E-state index contributed by atoms with van der Waals surface area (Å²) in [5.41, 5.74) is 5.90. The normalized spacial score (nSPS) is 13.8. The van der Waals surface area contributed by atoms with Crippen LogP contribution in [0.3, 0.4) is 0 Å². The Balaban J connectivity index is 3.03. The Bertz CT molecular complexity index is 428. The molecule has 0 amide bonds. The first-order valence-electron chi connectivity index (χ1n) is 4.63. The molecule has 0 aliphatic rings. The minimum Gasteiger partial charge on any atom is -0.388 e.